The third-order valence-corrected chi connectivity index (χ3v) is 3.88. The number of carbonyl (C=O) groups excluding carboxylic acids is 1. The summed E-state index contributed by atoms with van der Waals surface area (Å²) in [6.45, 7) is 7.28. The number of nitrogens with one attached hydrogen (secondary N) is 2. The summed E-state index contributed by atoms with van der Waals surface area (Å²) in [5.41, 5.74) is 0. The number of aryl methyl sites for hydroxylation is 1. The first-order valence-electron chi connectivity index (χ1n) is 5.85. The molecule has 0 spiro atoms. The zero-order chi connectivity index (χ0) is 12.3. The quantitative estimate of drug-likeness (QED) is 0.828. The number of carbonyl (C=O) groups is 1. The van der Waals surface area contributed by atoms with Gasteiger partial charge in [-0.1, -0.05) is 0 Å². The van der Waals surface area contributed by atoms with Gasteiger partial charge in [-0.25, -0.2) is 9.78 Å². The molecular weight excluding hydrogens is 236 g/mol. The van der Waals surface area contributed by atoms with Crippen LogP contribution in [0.5, 0.6) is 0 Å². The van der Waals surface area contributed by atoms with Crippen LogP contribution < -0.4 is 10.6 Å². The molecule has 0 bridgehead atoms. The highest BCUT2D eigenvalue weighted by Gasteiger charge is 2.18. The van der Waals surface area contributed by atoms with Gasteiger partial charge in [-0.15, -0.1) is 11.3 Å². The number of nitrogens with zero attached hydrogens (tertiary/aromatic N) is 2. The van der Waals surface area contributed by atoms with Gasteiger partial charge in [-0.2, -0.15) is 0 Å². The van der Waals surface area contributed by atoms with E-state index < -0.39 is 0 Å². The molecule has 1 saturated heterocycles. The Kier molecular flexibility index (Phi) is 3.96. The van der Waals surface area contributed by atoms with Gasteiger partial charge < -0.3 is 15.5 Å². The third kappa shape index (κ3) is 3.17. The summed E-state index contributed by atoms with van der Waals surface area (Å²) in [5.74, 6) is 0. The molecule has 1 aromatic rings. The first-order valence-corrected chi connectivity index (χ1v) is 6.67. The molecule has 1 aliphatic heterocycles. The highest BCUT2D eigenvalue weighted by atomic mass is 32.1. The van der Waals surface area contributed by atoms with Crippen LogP contribution in [0.3, 0.4) is 0 Å². The lowest BCUT2D eigenvalue weighted by Crippen LogP contribution is -2.35. The van der Waals surface area contributed by atoms with Crippen molar-refractivity contribution < 1.29 is 4.79 Å². The van der Waals surface area contributed by atoms with E-state index in [1.165, 1.54) is 4.88 Å². The minimum atomic E-state index is 0.0459. The summed E-state index contributed by atoms with van der Waals surface area (Å²) in [7, 11) is 0. The van der Waals surface area contributed by atoms with Crippen LogP contribution in [0.1, 0.15) is 22.9 Å². The first kappa shape index (κ1) is 12.3. The molecule has 1 atom stereocenters. The molecule has 2 N–H and O–H groups in total. The zero-order valence-corrected chi connectivity index (χ0v) is 11.0. The number of aromatic nitrogens is 1. The molecule has 2 amide bonds. The van der Waals surface area contributed by atoms with Gasteiger partial charge in [0, 0.05) is 37.3 Å². The highest BCUT2D eigenvalue weighted by molar-refractivity contribution is 7.11. The molecule has 0 aromatic carbocycles. The van der Waals surface area contributed by atoms with Crippen LogP contribution in [0.4, 0.5) is 4.79 Å². The fourth-order valence-corrected chi connectivity index (χ4v) is 2.60. The molecule has 1 aliphatic rings. The molecule has 0 saturated carbocycles. The van der Waals surface area contributed by atoms with E-state index in [-0.39, 0.29) is 12.1 Å². The lowest BCUT2D eigenvalue weighted by molar-refractivity contribution is 0.217. The van der Waals surface area contributed by atoms with Crippen molar-refractivity contribution in [2.45, 2.75) is 19.9 Å². The second kappa shape index (κ2) is 5.46. The van der Waals surface area contributed by atoms with Crippen LogP contribution in [-0.4, -0.2) is 42.1 Å². The average Bonchev–Trinajstić information content (AvgIpc) is 2.88. The van der Waals surface area contributed by atoms with Crippen molar-refractivity contribution in [1.82, 2.24) is 20.5 Å². The monoisotopic (exact) mass is 254 g/mol. The minimum absolute atomic E-state index is 0.0459. The Hall–Kier alpha value is -1.14. The fraction of sp³-hybridized carbons (Fsp3) is 0.636. The molecule has 1 fully saturated rings. The van der Waals surface area contributed by atoms with Gasteiger partial charge in [0.2, 0.25) is 0 Å². The smallest absolute Gasteiger partial charge is 0.317 e. The number of amides is 2. The molecule has 0 aliphatic carbocycles. The van der Waals surface area contributed by atoms with Crippen molar-refractivity contribution >= 4 is 17.4 Å². The fourth-order valence-electron chi connectivity index (χ4n) is 1.80. The molecule has 0 radical (unpaired) electrons. The molecular formula is C11H18N4OS. The Morgan fingerprint density at radius 3 is 3.12 bits per heavy atom. The van der Waals surface area contributed by atoms with Crippen LogP contribution in [0.25, 0.3) is 0 Å². The summed E-state index contributed by atoms with van der Waals surface area (Å²) < 4.78 is 0. The Morgan fingerprint density at radius 2 is 2.53 bits per heavy atom. The number of hydrogen-bond acceptors (Lipinski definition) is 4. The Balaban J connectivity index is 1.73. The number of rotatable bonds is 5. The van der Waals surface area contributed by atoms with Crippen LogP contribution in [0, 0.1) is 6.92 Å². The Bertz CT molecular complexity index is 393. The molecule has 2 heterocycles. The third-order valence-electron chi connectivity index (χ3n) is 2.79. The van der Waals surface area contributed by atoms with E-state index in [4.69, 9.17) is 0 Å². The van der Waals surface area contributed by atoms with Crippen molar-refractivity contribution in [1.29, 1.82) is 0 Å². The van der Waals surface area contributed by atoms with E-state index >= 15 is 0 Å². The molecule has 17 heavy (non-hydrogen) atoms. The average molecular weight is 254 g/mol. The SMILES string of the molecule is Cc1cnc(C(C)NCCN2CCNC2=O)s1. The first-order chi connectivity index (χ1) is 8.16. The Labute approximate surface area is 105 Å². The topological polar surface area (TPSA) is 57.3 Å². The van der Waals surface area contributed by atoms with Crippen LogP contribution in [0.2, 0.25) is 0 Å². The second-order valence-electron chi connectivity index (χ2n) is 4.20. The second-order valence-corrected chi connectivity index (χ2v) is 5.47. The number of thiazole rings is 1. The lowest BCUT2D eigenvalue weighted by Gasteiger charge is -2.16. The summed E-state index contributed by atoms with van der Waals surface area (Å²) >= 11 is 1.71. The summed E-state index contributed by atoms with van der Waals surface area (Å²) in [5, 5.41) is 7.28. The largest absolute Gasteiger partial charge is 0.336 e. The van der Waals surface area contributed by atoms with Gasteiger partial charge in [-0.3, -0.25) is 0 Å². The molecule has 2 rings (SSSR count). The van der Waals surface area contributed by atoms with Crippen molar-refractivity contribution in [3.8, 4) is 0 Å². The molecule has 94 valence electrons. The van der Waals surface area contributed by atoms with Gasteiger partial charge >= 0.3 is 6.03 Å². The van der Waals surface area contributed by atoms with Gasteiger partial charge in [0.1, 0.15) is 5.01 Å². The molecule has 5 nitrogen and oxygen atoms in total. The predicted octanol–water partition coefficient (Wildman–Crippen LogP) is 1.13. The van der Waals surface area contributed by atoms with E-state index in [1.54, 1.807) is 11.3 Å². The minimum Gasteiger partial charge on any atom is -0.336 e. The van der Waals surface area contributed by atoms with E-state index in [0.29, 0.717) is 0 Å². The summed E-state index contributed by atoms with van der Waals surface area (Å²) in [6.07, 6.45) is 1.89. The van der Waals surface area contributed by atoms with Crippen molar-refractivity contribution in [2.24, 2.45) is 0 Å². The van der Waals surface area contributed by atoms with Gasteiger partial charge in [0.15, 0.2) is 0 Å². The van der Waals surface area contributed by atoms with Crippen molar-refractivity contribution in [2.75, 3.05) is 26.2 Å². The summed E-state index contributed by atoms with van der Waals surface area (Å²) in [4.78, 5) is 18.7. The summed E-state index contributed by atoms with van der Waals surface area (Å²) in [6, 6.07) is 0.295. The number of hydrogen-bond donors (Lipinski definition) is 2. The van der Waals surface area contributed by atoms with Gasteiger partial charge in [-0.05, 0) is 13.8 Å². The zero-order valence-electron chi connectivity index (χ0n) is 10.2. The molecule has 1 unspecified atom stereocenters. The van der Waals surface area contributed by atoms with Crippen molar-refractivity contribution in [3.05, 3.63) is 16.1 Å². The van der Waals surface area contributed by atoms with E-state index in [1.807, 2.05) is 11.1 Å². The number of urea groups is 1. The predicted molar refractivity (Wildman–Crippen MR) is 68.2 cm³/mol. The van der Waals surface area contributed by atoms with Crippen LogP contribution in [0.15, 0.2) is 6.20 Å². The van der Waals surface area contributed by atoms with Crippen LogP contribution in [-0.2, 0) is 0 Å². The van der Waals surface area contributed by atoms with E-state index in [9.17, 15) is 4.79 Å². The maximum absolute atomic E-state index is 11.3. The van der Waals surface area contributed by atoms with E-state index in [2.05, 4.69) is 29.5 Å². The maximum atomic E-state index is 11.3. The Morgan fingerprint density at radius 1 is 1.71 bits per heavy atom. The molecule has 6 heteroatoms. The lowest BCUT2D eigenvalue weighted by atomic mass is 10.3. The normalized spacial score (nSPS) is 17.3. The van der Waals surface area contributed by atoms with Gasteiger partial charge in [0.05, 0.1) is 6.04 Å². The molecule has 1 aromatic heterocycles. The van der Waals surface area contributed by atoms with Crippen molar-refractivity contribution in [3.63, 3.8) is 0 Å². The van der Waals surface area contributed by atoms with Crippen LogP contribution >= 0.6 is 11.3 Å². The maximum Gasteiger partial charge on any atom is 0.317 e. The van der Waals surface area contributed by atoms with E-state index in [0.717, 1.165) is 31.2 Å². The van der Waals surface area contributed by atoms with Gasteiger partial charge in [0.25, 0.3) is 0 Å². The standard InChI is InChI=1S/C11H18N4OS/c1-8-7-14-10(17-8)9(2)12-3-5-15-6-4-13-11(15)16/h7,9,12H,3-6H2,1-2H3,(H,13,16). The highest BCUT2D eigenvalue weighted by Crippen LogP contribution is 2.18.